The van der Waals surface area contributed by atoms with Gasteiger partial charge in [0.2, 0.25) is 0 Å². The molecule has 0 amide bonds. The Balaban J connectivity index is 1.92. The zero-order valence-corrected chi connectivity index (χ0v) is 12.3. The summed E-state index contributed by atoms with van der Waals surface area (Å²) in [5, 5.41) is 4.70. The van der Waals surface area contributed by atoms with Gasteiger partial charge in [-0.15, -0.1) is 0 Å². The van der Waals surface area contributed by atoms with Crippen LogP contribution in [-0.4, -0.2) is 10.1 Å². The maximum atomic E-state index is 6.14. The number of aromatic nitrogens is 2. The van der Waals surface area contributed by atoms with Crippen molar-refractivity contribution in [1.29, 1.82) is 0 Å². The van der Waals surface area contributed by atoms with Crippen LogP contribution in [-0.2, 0) is 6.42 Å². The number of nitrogen functional groups attached to an aromatic ring is 1. The molecule has 4 nitrogen and oxygen atoms in total. The van der Waals surface area contributed by atoms with Crippen LogP contribution in [0.4, 0.5) is 5.69 Å². The lowest BCUT2D eigenvalue weighted by atomic mass is 10.1. The Bertz CT molecular complexity index is 762. The number of nitrogens with two attached hydrogens (primary N) is 1. The molecule has 0 aliphatic heterocycles. The number of aryl methyl sites for hydroxylation is 1. The highest BCUT2D eigenvalue weighted by atomic mass is 35.5. The minimum Gasteiger partial charge on any atom is -0.398 e. The number of nitrogens with zero attached hydrogens (tertiary/aromatic N) is 2. The lowest BCUT2D eigenvalue weighted by Gasteiger charge is -2.03. The highest BCUT2D eigenvalue weighted by Crippen LogP contribution is 2.28. The largest absolute Gasteiger partial charge is 0.398 e. The molecular formula is C16H14ClN3O. The quantitative estimate of drug-likeness (QED) is 0.746. The summed E-state index contributed by atoms with van der Waals surface area (Å²) in [6.07, 6.45) is 0.523. The Hall–Kier alpha value is -2.33. The SMILES string of the molecule is Cc1cccc(N)c1-c1nc(Cc2ccccc2Cl)no1. The standard InChI is InChI=1S/C16H14ClN3O/c1-10-5-4-8-13(18)15(10)16-19-14(20-21-16)9-11-6-2-3-7-12(11)17/h2-8H,9,18H2,1H3. The molecule has 3 rings (SSSR count). The fourth-order valence-electron chi connectivity index (χ4n) is 2.22. The van der Waals surface area contributed by atoms with Crippen LogP contribution >= 0.6 is 11.6 Å². The smallest absolute Gasteiger partial charge is 0.260 e. The van der Waals surface area contributed by atoms with E-state index in [4.69, 9.17) is 21.9 Å². The first-order chi connectivity index (χ1) is 10.1. The monoisotopic (exact) mass is 299 g/mol. The van der Waals surface area contributed by atoms with E-state index in [1.807, 2.05) is 49.4 Å². The first kappa shape index (κ1) is 13.6. The van der Waals surface area contributed by atoms with Crippen molar-refractivity contribution in [2.45, 2.75) is 13.3 Å². The van der Waals surface area contributed by atoms with Gasteiger partial charge >= 0.3 is 0 Å². The second kappa shape index (κ2) is 5.58. The second-order valence-electron chi connectivity index (χ2n) is 4.82. The zero-order chi connectivity index (χ0) is 14.8. The molecule has 5 heteroatoms. The van der Waals surface area contributed by atoms with E-state index >= 15 is 0 Å². The minimum absolute atomic E-state index is 0.438. The van der Waals surface area contributed by atoms with Crippen molar-refractivity contribution in [1.82, 2.24) is 10.1 Å². The average Bonchev–Trinajstić information content (AvgIpc) is 2.89. The molecule has 2 N–H and O–H groups in total. The Morgan fingerprint density at radius 2 is 1.95 bits per heavy atom. The van der Waals surface area contributed by atoms with Gasteiger partial charge in [-0.1, -0.05) is 47.1 Å². The van der Waals surface area contributed by atoms with Gasteiger partial charge in [-0.25, -0.2) is 0 Å². The molecular weight excluding hydrogens is 286 g/mol. The molecule has 3 aromatic rings. The minimum atomic E-state index is 0.438. The highest BCUT2D eigenvalue weighted by Gasteiger charge is 2.14. The van der Waals surface area contributed by atoms with E-state index < -0.39 is 0 Å². The third kappa shape index (κ3) is 2.76. The molecule has 0 aliphatic carbocycles. The number of rotatable bonds is 3. The van der Waals surface area contributed by atoms with Crippen LogP contribution in [0.15, 0.2) is 47.0 Å². The maximum Gasteiger partial charge on any atom is 0.260 e. The average molecular weight is 300 g/mol. The van der Waals surface area contributed by atoms with Crippen LogP contribution in [0.5, 0.6) is 0 Å². The molecule has 106 valence electrons. The normalized spacial score (nSPS) is 10.8. The van der Waals surface area contributed by atoms with Crippen molar-refractivity contribution in [3.05, 3.63) is 64.4 Å². The van der Waals surface area contributed by atoms with Crippen molar-refractivity contribution in [2.24, 2.45) is 0 Å². The van der Waals surface area contributed by atoms with Crippen LogP contribution in [0.25, 0.3) is 11.5 Å². The first-order valence-electron chi connectivity index (χ1n) is 6.56. The van der Waals surface area contributed by atoms with Crippen LogP contribution in [0.1, 0.15) is 17.0 Å². The van der Waals surface area contributed by atoms with Gasteiger partial charge in [0.25, 0.3) is 5.89 Å². The van der Waals surface area contributed by atoms with E-state index in [-0.39, 0.29) is 0 Å². The number of benzene rings is 2. The maximum absolute atomic E-state index is 6.14. The van der Waals surface area contributed by atoms with Crippen molar-refractivity contribution in [3.63, 3.8) is 0 Å². The van der Waals surface area contributed by atoms with Gasteiger partial charge < -0.3 is 10.3 Å². The molecule has 21 heavy (non-hydrogen) atoms. The van der Waals surface area contributed by atoms with E-state index in [9.17, 15) is 0 Å². The predicted octanol–water partition coefficient (Wildman–Crippen LogP) is 3.87. The summed E-state index contributed by atoms with van der Waals surface area (Å²) < 4.78 is 5.34. The number of hydrogen-bond acceptors (Lipinski definition) is 4. The summed E-state index contributed by atoms with van der Waals surface area (Å²) in [5.41, 5.74) is 9.37. The Kier molecular flexibility index (Phi) is 3.62. The van der Waals surface area contributed by atoms with Gasteiger partial charge in [0.05, 0.1) is 5.56 Å². The lowest BCUT2D eigenvalue weighted by molar-refractivity contribution is 0.424. The molecule has 1 aromatic heterocycles. The molecule has 0 atom stereocenters. The fourth-order valence-corrected chi connectivity index (χ4v) is 2.42. The van der Waals surface area contributed by atoms with Crippen molar-refractivity contribution < 1.29 is 4.52 Å². The second-order valence-corrected chi connectivity index (χ2v) is 5.23. The first-order valence-corrected chi connectivity index (χ1v) is 6.94. The van der Waals surface area contributed by atoms with Crippen molar-refractivity contribution >= 4 is 17.3 Å². The van der Waals surface area contributed by atoms with Gasteiger partial charge in [-0.3, -0.25) is 0 Å². The molecule has 1 heterocycles. The van der Waals surface area contributed by atoms with Crippen LogP contribution in [0, 0.1) is 6.92 Å². The van der Waals surface area contributed by atoms with Crippen LogP contribution in [0.3, 0.4) is 0 Å². The number of halogens is 1. The van der Waals surface area contributed by atoms with Crippen LogP contribution in [0.2, 0.25) is 5.02 Å². The van der Waals surface area contributed by atoms with Gasteiger partial charge in [0.1, 0.15) is 0 Å². The Morgan fingerprint density at radius 1 is 1.14 bits per heavy atom. The number of hydrogen-bond donors (Lipinski definition) is 1. The molecule has 0 spiro atoms. The summed E-state index contributed by atoms with van der Waals surface area (Å²) in [7, 11) is 0. The summed E-state index contributed by atoms with van der Waals surface area (Å²) in [6, 6.07) is 13.3. The summed E-state index contributed by atoms with van der Waals surface area (Å²) in [4.78, 5) is 4.42. The predicted molar refractivity (Wildman–Crippen MR) is 83.1 cm³/mol. The Labute approximate surface area is 127 Å². The van der Waals surface area contributed by atoms with E-state index in [0.29, 0.717) is 28.8 Å². The van der Waals surface area contributed by atoms with Gasteiger partial charge in [0.15, 0.2) is 5.82 Å². The van der Waals surface area contributed by atoms with E-state index in [0.717, 1.165) is 16.7 Å². The molecule has 0 unspecified atom stereocenters. The third-order valence-corrected chi connectivity index (χ3v) is 3.66. The number of anilines is 1. The molecule has 2 aromatic carbocycles. The summed E-state index contributed by atoms with van der Waals surface area (Å²) in [6.45, 7) is 1.96. The van der Waals surface area contributed by atoms with Gasteiger partial charge in [-0.05, 0) is 30.2 Å². The summed E-state index contributed by atoms with van der Waals surface area (Å²) in [5.74, 6) is 1.02. The molecule has 0 saturated carbocycles. The van der Waals surface area contributed by atoms with Crippen molar-refractivity contribution in [3.8, 4) is 11.5 Å². The van der Waals surface area contributed by atoms with Gasteiger partial charge in [-0.2, -0.15) is 4.98 Å². The molecule has 0 fully saturated rings. The fraction of sp³-hybridized carbons (Fsp3) is 0.125. The molecule has 0 bridgehead atoms. The lowest BCUT2D eigenvalue weighted by Crippen LogP contribution is -1.94. The summed E-state index contributed by atoms with van der Waals surface area (Å²) >= 11 is 6.14. The van der Waals surface area contributed by atoms with Crippen molar-refractivity contribution in [2.75, 3.05) is 5.73 Å². The topological polar surface area (TPSA) is 64.9 Å². The van der Waals surface area contributed by atoms with E-state index in [1.54, 1.807) is 0 Å². The van der Waals surface area contributed by atoms with Crippen LogP contribution < -0.4 is 5.73 Å². The molecule has 0 saturated heterocycles. The molecule has 0 radical (unpaired) electrons. The Morgan fingerprint density at radius 3 is 2.71 bits per heavy atom. The zero-order valence-electron chi connectivity index (χ0n) is 11.5. The van der Waals surface area contributed by atoms with Gasteiger partial charge in [0, 0.05) is 17.1 Å². The van der Waals surface area contributed by atoms with E-state index in [1.165, 1.54) is 0 Å². The highest BCUT2D eigenvalue weighted by molar-refractivity contribution is 6.31. The molecule has 0 aliphatic rings. The van der Waals surface area contributed by atoms with E-state index in [2.05, 4.69) is 10.1 Å². The third-order valence-electron chi connectivity index (χ3n) is 3.29.